The molecule has 1 rings (SSSR count). The monoisotopic (exact) mass is 299 g/mol. The summed E-state index contributed by atoms with van der Waals surface area (Å²) in [6, 6.07) is 0. The minimum absolute atomic E-state index is 0.172. The standard InChI is InChI=1S/C14H25N3O2S/c1-6-17-7-11(12(16-17)10(2)3)13(18)15-8-14(4,19)9-20-5/h7,10,19H,6,8-9H2,1-5H3,(H,15,18). The quantitative estimate of drug-likeness (QED) is 0.806. The lowest BCUT2D eigenvalue weighted by Crippen LogP contribution is -2.42. The summed E-state index contributed by atoms with van der Waals surface area (Å²) in [4.78, 5) is 12.3. The van der Waals surface area contributed by atoms with E-state index in [1.807, 2.05) is 27.0 Å². The molecule has 20 heavy (non-hydrogen) atoms. The van der Waals surface area contributed by atoms with Gasteiger partial charge in [-0.15, -0.1) is 0 Å². The molecular formula is C14H25N3O2S. The SMILES string of the molecule is CCn1cc(C(=O)NCC(C)(O)CSC)c(C(C)C)n1. The van der Waals surface area contributed by atoms with Gasteiger partial charge in [-0.25, -0.2) is 0 Å². The van der Waals surface area contributed by atoms with E-state index in [1.54, 1.807) is 29.6 Å². The molecule has 0 saturated heterocycles. The number of nitrogens with zero attached hydrogens (tertiary/aromatic N) is 2. The molecule has 0 radical (unpaired) electrons. The third-order valence-electron chi connectivity index (χ3n) is 2.99. The lowest BCUT2D eigenvalue weighted by atomic mass is 10.1. The Morgan fingerprint density at radius 2 is 2.25 bits per heavy atom. The van der Waals surface area contributed by atoms with Crippen LogP contribution < -0.4 is 5.32 Å². The van der Waals surface area contributed by atoms with Gasteiger partial charge in [0, 0.05) is 25.0 Å². The number of aromatic nitrogens is 2. The van der Waals surface area contributed by atoms with Crippen molar-refractivity contribution in [3.63, 3.8) is 0 Å². The first-order valence-corrected chi connectivity index (χ1v) is 8.27. The average Bonchev–Trinajstić information content (AvgIpc) is 2.80. The summed E-state index contributed by atoms with van der Waals surface area (Å²) in [5, 5.41) is 17.3. The summed E-state index contributed by atoms with van der Waals surface area (Å²) >= 11 is 1.55. The molecule has 6 heteroatoms. The molecule has 1 heterocycles. The number of carbonyl (C=O) groups excluding carboxylic acids is 1. The molecule has 1 unspecified atom stereocenters. The van der Waals surface area contributed by atoms with Crippen molar-refractivity contribution in [2.45, 2.75) is 45.8 Å². The molecule has 1 amide bonds. The molecule has 0 aliphatic heterocycles. The molecule has 0 fully saturated rings. The van der Waals surface area contributed by atoms with Gasteiger partial charge in [-0.3, -0.25) is 9.48 Å². The number of hydrogen-bond acceptors (Lipinski definition) is 4. The molecule has 0 bridgehead atoms. The Morgan fingerprint density at radius 1 is 1.60 bits per heavy atom. The van der Waals surface area contributed by atoms with Crippen molar-refractivity contribution in [1.29, 1.82) is 0 Å². The van der Waals surface area contributed by atoms with Crippen LogP contribution in [0.15, 0.2) is 6.20 Å². The predicted molar refractivity (Wildman–Crippen MR) is 83.3 cm³/mol. The summed E-state index contributed by atoms with van der Waals surface area (Å²) in [6.07, 6.45) is 3.70. The second-order valence-corrected chi connectivity index (χ2v) is 6.42. The lowest BCUT2D eigenvalue weighted by Gasteiger charge is -2.22. The summed E-state index contributed by atoms with van der Waals surface area (Å²) in [5.74, 6) is 0.600. The molecular weight excluding hydrogens is 274 g/mol. The van der Waals surface area contributed by atoms with Gasteiger partial charge in [0.05, 0.1) is 16.9 Å². The Hall–Kier alpha value is -1.01. The molecule has 0 aliphatic rings. The Bertz CT molecular complexity index is 455. The highest BCUT2D eigenvalue weighted by Crippen LogP contribution is 2.18. The van der Waals surface area contributed by atoms with Crippen LogP contribution in [-0.2, 0) is 6.54 Å². The lowest BCUT2D eigenvalue weighted by molar-refractivity contribution is 0.0724. The molecule has 114 valence electrons. The zero-order valence-corrected chi connectivity index (χ0v) is 13.8. The van der Waals surface area contributed by atoms with Gasteiger partial charge < -0.3 is 10.4 Å². The number of aliphatic hydroxyl groups is 1. The third kappa shape index (κ3) is 4.52. The van der Waals surface area contributed by atoms with Crippen molar-refractivity contribution in [3.05, 3.63) is 17.5 Å². The van der Waals surface area contributed by atoms with Crippen LogP contribution in [0.5, 0.6) is 0 Å². The van der Waals surface area contributed by atoms with E-state index < -0.39 is 5.60 Å². The van der Waals surface area contributed by atoms with Crippen molar-refractivity contribution in [2.75, 3.05) is 18.6 Å². The van der Waals surface area contributed by atoms with Gasteiger partial charge in [0.25, 0.3) is 5.91 Å². The summed E-state index contributed by atoms with van der Waals surface area (Å²) in [5.41, 5.74) is 0.504. The van der Waals surface area contributed by atoms with Gasteiger partial charge in [0.2, 0.25) is 0 Å². The minimum Gasteiger partial charge on any atom is -0.387 e. The van der Waals surface area contributed by atoms with Gasteiger partial charge in [0.15, 0.2) is 0 Å². The van der Waals surface area contributed by atoms with Crippen molar-refractivity contribution in [1.82, 2.24) is 15.1 Å². The molecule has 2 N–H and O–H groups in total. The molecule has 1 atom stereocenters. The molecule has 1 aromatic heterocycles. The molecule has 0 saturated carbocycles. The first-order chi connectivity index (χ1) is 9.30. The second-order valence-electron chi connectivity index (χ2n) is 5.55. The maximum atomic E-state index is 12.3. The van der Waals surface area contributed by atoms with E-state index in [1.165, 1.54) is 0 Å². The number of rotatable bonds is 7. The van der Waals surface area contributed by atoms with E-state index >= 15 is 0 Å². The van der Waals surface area contributed by atoms with Crippen molar-refractivity contribution in [2.24, 2.45) is 0 Å². The van der Waals surface area contributed by atoms with Crippen LogP contribution in [0.25, 0.3) is 0 Å². The van der Waals surface area contributed by atoms with E-state index in [-0.39, 0.29) is 18.4 Å². The molecule has 0 spiro atoms. The Kier molecular flexibility index (Phi) is 6.07. The number of aryl methyl sites for hydroxylation is 1. The van der Waals surface area contributed by atoms with Crippen LogP contribution in [0.2, 0.25) is 0 Å². The van der Waals surface area contributed by atoms with E-state index in [2.05, 4.69) is 10.4 Å². The topological polar surface area (TPSA) is 67.2 Å². The van der Waals surface area contributed by atoms with E-state index in [0.717, 1.165) is 12.2 Å². The maximum Gasteiger partial charge on any atom is 0.254 e. The summed E-state index contributed by atoms with van der Waals surface area (Å²) in [7, 11) is 0. The predicted octanol–water partition coefficient (Wildman–Crippen LogP) is 1.87. The van der Waals surface area contributed by atoms with Crippen LogP contribution in [0.4, 0.5) is 0 Å². The average molecular weight is 299 g/mol. The first kappa shape index (κ1) is 17.0. The van der Waals surface area contributed by atoms with E-state index in [4.69, 9.17) is 0 Å². The maximum absolute atomic E-state index is 12.3. The minimum atomic E-state index is -0.895. The van der Waals surface area contributed by atoms with Gasteiger partial charge in [-0.2, -0.15) is 16.9 Å². The highest BCUT2D eigenvalue weighted by Gasteiger charge is 2.23. The molecule has 1 aromatic rings. The fraction of sp³-hybridized carbons (Fsp3) is 0.714. The fourth-order valence-electron chi connectivity index (χ4n) is 1.93. The van der Waals surface area contributed by atoms with Gasteiger partial charge in [-0.1, -0.05) is 13.8 Å². The van der Waals surface area contributed by atoms with Gasteiger partial charge in [-0.05, 0) is 26.0 Å². The smallest absolute Gasteiger partial charge is 0.254 e. The number of thioether (sulfide) groups is 1. The Morgan fingerprint density at radius 3 is 2.75 bits per heavy atom. The number of carbonyl (C=O) groups is 1. The number of amides is 1. The zero-order valence-electron chi connectivity index (χ0n) is 12.9. The van der Waals surface area contributed by atoms with Gasteiger partial charge in [0.1, 0.15) is 0 Å². The second kappa shape index (κ2) is 7.13. The number of nitrogens with one attached hydrogen (secondary N) is 1. The van der Waals surface area contributed by atoms with Gasteiger partial charge >= 0.3 is 0 Å². The first-order valence-electron chi connectivity index (χ1n) is 6.87. The molecule has 0 aliphatic carbocycles. The third-order valence-corrected chi connectivity index (χ3v) is 3.90. The van der Waals surface area contributed by atoms with Crippen molar-refractivity contribution < 1.29 is 9.90 Å². The molecule has 5 nitrogen and oxygen atoms in total. The van der Waals surface area contributed by atoms with Crippen molar-refractivity contribution >= 4 is 17.7 Å². The van der Waals surface area contributed by atoms with Crippen molar-refractivity contribution in [3.8, 4) is 0 Å². The summed E-state index contributed by atoms with van der Waals surface area (Å²) < 4.78 is 1.77. The Labute approximate surface area is 125 Å². The van der Waals surface area contributed by atoms with Crippen LogP contribution in [0.1, 0.15) is 49.7 Å². The normalized spacial score (nSPS) is 14.3. The Balaban J connectivity index is 2.79. The highest BCUT2D eigenvalue weighted by molar-refractivity contribution is 7.98. The zero-order chi connectivity index (χ0) is 15.3. The van der Waals surface area contributed by atoms with Crippen LogP contribution in [0, 0.1) is 0 Å². The van der Waals surface area contributed by atoms with Crippen LogP contribution in [0.3, 0.4) is 0 Å². The van der Waals surface area contributed by atoms with E-state index in [9.17, 15) is 9.90 Å². The van der Waals surface area contributed by atoms with Crippen LogP contribution in [-0.4, -0.2) is 44.9 Å². The summed E-state index contributed by atoms with van der Waals surface area (Å²) in [6.45, 7) is 8.72. The van der Waals surface area contributed by atoms with Crippen LogP contribution >= 0.6 is 11.8 Å². The highest BCUT2D eigenvalue weighted by atomic mass is 32.2. The molecule has 0 aromatic carbocycles. The fourth-order valence-corrected chi connectivity index (χ4v) is 2.65. The number of hydrogen-bond donors (Lipinski definition) is 2. The largest absolute Gasteiger partial charge is 0.387 e. The van der Waals surface area contributed by atoms with E-state index in [0.29, 0.717) is 11.3 Å².